The first-order chi connectivity index (χ1) is 15.4. The SMILES string of the molecule is O=C(N/N=C/c1ccc(OC(=O)c2sc3ccccc3c2Cl)cc1)c1ccc(O)cc1O. The van der Waals surface area contributed by atoms with Gasteiger partial charge in [0, 0.05) is 16.2 Å². The lowest BCUT2D eigenvalue weighted by Crippen LogP contribution is -2.17. The lowest BCUT2D eigenvalue weighted by molar-refractivity contribution is 0.0739. The number of benzene rings is 3. The third-order valence-electron chi connectivity index (χ3n) is 4.42. The van der Waals surface area contributed by atoms with E-state index in [-0.39, 0.29) is 17.1 Å². The number of hydrogen-bond acceptors (Lipinski definition) is 7. The third kappa shape index (κ3) is 4.56. The van der Waals surface area contributed by atoms with E-state index in [9.17, 15) is 19.8 Å². The number of carbonyl (C=O) groups is 2. The second kappa shape index (κ2) is 9.09. The van der Waals surface area contributed by atoms with Crippen LogP contribution in [0.4, 0.5) is 0 Å². The maximum atomic E-state index is 12.5. The van der Waals surface area contributed by atoms with Crippen molar-refractivity contribution >= 4 is 51.1 Å². The van der Waals surface area contributed by atoms with Crippen LogP contribution < -0.4 is 10.2 Å². The van der Waals surface area contributed by atoms with Crippen molar-refractivity contribution in [1.82, 2.24) is 5.43 Å². The fourth-order valence-corrected chi connectivity index (χ4v) is 4.24. The summed E-state index contributed by atoms with van der Waals surface area (Å²) in [5.74, 6) is -1.36. The summed E-state index contributed by atoms with van der Waals surface area (Å²) in [6.45, 7) is 0. The molecule has 0 aliphatic carbocycles. The van der Waals surface area contributed by atoms with Gasteiger partial charge in [-0.05, 0) is 48.0 Å². The van der Waals surface area contributed by atoms with Crippen LogP contribution in [0.3, 0.4) is 0 Å². The van der Waals surface area contributed by atoms with Crippen LogP contribution in [0.1, 0.15) is 25.6 Å². The molecule has 3 aromatic carbocycles. The van der Waals surface area contributed by atoms with Gasteiger partial charge < -0.3 is 14.9 Å². The first-order valence-corrected chi connectivity index (χ1v) is 10.5. The molecule has 0 bridgehead atoms. The highest BCUT2D eigenvalue weighted by atomic mass is 35.5. The van der Waals surface area contributed by atoms with E-state index in [0.29, 0.717) is 21.2 Å². The van der Waals surface area contributed by atoms with Gasteiger partial charge in [-0.2, -0.15) is 5.10 Å². The third-order valence-corrected chi connectivity index (χ3v) is 6.07. The normalized spacial score (nSPS) is 11.0. The summed E-state index contributed by atoms with van der Waals surface area (Å²) in [7, 11) is 0. The number of nitrogens with one attached hydrogen (secondary N) is 1. The number of hydrogen-bond donors (Lipinski definition) is 3. The molecule has 4 aromatic rings. The van der Waals surface area contributed by atoms with E-state index in [2.05, 4.69) is 10.5 Å². The summed E-state index contributed by atoms with van der Waals surface area (Å²) < 4.78 is 6.32. The van der Waals surface area contributed by atoms with Crippen molar-refractivity contribution in [3.63, 3.8) is 0 Å². The molecule has 0 spiro atoms. The van der Waals surface area contributed by atoms with Gasteiger partial charge in [-0.3, -0.25) is 4.79 Å². The van der Waals surface area contributed by atoms with E-state index in [1.54, 1.807) is 24.3 Å². The Morgan fingerprint density at radius 2 is 1.78 bits per heavy atom. The van der Waals surface area contributed by atoms with Gasteiger partial charge in [-0.15, -0.1) is 11.3 Å². The minimum atomic E-state index is -0.635. The minimum Gasteiger partial charge on any atom is -0.508 e. The molecule has 160 valence electrons. The van der Waals surface area contributed by atoms with Crippen LogP contribution in [0, 0.1) is 0 Å². The average molecular weight is 467 g/mol. The number of halogens is 1. The van der Waals surface area contributed by atoms with Gasteiger partial charge >= 0.3 is 5.97 Å². The van der Waals surface area contributed by atoms with E-state index in [0.717, 1.165) is 16.2 Å². The first-order valence-electron chi connectivity index (χ1n) is 9.27. The summed E-state index contributed by atoms with van der Waals surface area (Å²) in [4.78, 5) is 24.9. The van der Waals surface area contributed by atoms with Crippen LogP contribution in [0.15, 0.2) is 71.8 Å². The summed E-state index contributed by atoms with van der Waals surface area (Å²) in [6.07, 6.45) is 1.39. The van der Waals surface area contributed by atoms with Crippen molar-refractivity contribution in [3.8, 4) is 17.2 Å². The Morgan fingerprint density at radius 1 is 1.03 bits per heavy atom. The van der Waals surface area contributed by atoms with Crippen molar-refractivity contribution in [2.45, 2.75) is 0 Å². The number of hydrazone groups is 1. The number of nitrogens with zero attached hydrogens (tertiary/aromatic N) is 1. The van der Waals surface area contributed by atoms with Crippen molar-refractivity contribution in [1.29, 1.82) is 0 Å². The second-order valence-electron chi connectivity index (χ2n) is 6.60. The summed E-state index contributed by atoms with van der Waals surface area (Å²) in [5.41, 5.74) is 2.90. The lowest BCUT2D eigenvalue weighted by Gasteiger charge is -2.04. The predicted octanol–water partition coefficient (Wildman–Crippen LogP) is 4.95. The lowest BCUT2D eigenvalue weighted by atomic mass is 10.2. The molecule has 3 N–H and O–H groups in total. The Morgan fingerprint density at radius 3 is 2.50 bits per heavy atom. The standard InChI is InChI=1S/C23H15ClN2O5S/c24-20-17-3-1-2-4-19(17)32-21(20)23(30)31-15-8-5-13(6-9-15)12-25-26-22(29)16-10-7-14(27)11-18(16)28/h1-12,27-28H,(H,26,29)/b25-12+. The van der Waals surface area contributed by atoms with Gasteiger partial charge in [0.25, 0.3) is 5.91 Å². The number of rotatable bonds is 5. The molecule has 1 aromatic heterocycles. The number of phenolic OH excluding ortho intramolecular Hbond substituents is 2. The average Bonchev–Trinajstić information content (AvgIpc) is 3.12. The Labute approximate surface area is 191 Å². The number of aromatic hydroxyl groups is 2. The monoisotopic (exact) mass is 466 g/mol. The smallest absolute Gasteiger partial charge is 0.355 e. The Balaban J connectivity index is 1.39. The van der Waals surface area contributed by atoms with E-state index in [1.807, 2.05) is 24.3 Å². The highest BCUT2D eigenvalue weighted by molar-refractivity contribution is 7.21. The predicted molar refractivity (Wildman–Crippen MR) is 123 cm³/mol. The molecule has 0 fully saturated rings. The maximum Gasteiger partial charge on any atom is 0.355 e. The minimum absolute atomic E-state index is 0.0258. The topological polar surface area (TPSA) is 108 Å². The molecule has 4 rings (SSSR count). The molecule has 9 heteroatoms. The van der Waals surface area contributed by atoms with Gasteiger partial charge in [0.15, 0.2) is 0 Å². The van der Waals surface area contributed by atoms with E-state index in [4.69, 9.17) is 16.3 Å². The Hall–Kier alpha value is -3.88. The zero-order valence-electron chi connectivity index (χ0n) is 16.3. The number of carbonyl (C=O) groups excluding carboxylic acids is 2. The molecular weight excluding hydrogens is 452 g/mol. The quantitative estimate of drug-likeness (QED) is 0.167. The van der Waals surface area contributed by atoms with E-state index >= 15 is 0 Å². The first kappa shape index (κ1) is 21.4. The van der Waals surface area contributed by atoms with Gasteiger partial charge in [0.05, 0.1) is 16.8 Å². The van der Waals surface area contributed by atoms with Crippen molar-refractivity contribution < 1.29 is 24.5 Å². The van der Waals surface area contributed by atoms with Gasteiger partial charge in [-0.1, -0.05) is 29.8 Å². The van der Waals surface area contributed by atoms with Crippen LogP contribution in [0.25, 0.3) is 10.1 Å². The molecule has 0 aliphatic rings. The second-order valence-corrected chi connectivity index (χ2v) is 8.03. The fraction of sp³-hybridized carbons (Fsp3) is 0. The van der Waals surface area contributed by atoms with Crippen LogP contribution in [-0.2, 0) is 0 Å². The number of ether oxygens (including phenoxy) is 1. The molecule has 7 nitrogen and oxygen atoms in total. The number of phenols is 2. The number of thiophene rings is 1. The van der Waals surface area contributed by atoms with E-state index in [1.165, 1.54) is 29.7 Å². The van der Waals surface area contributed by atoms with Crippen LogP contribution >= 0.6 is 22.9 Å². The highest BCUT2D eigenvalue weighted by Gasteiger charge is 2.19. The fourth-order valence-electron chi connectivity index (χ4n) is 2.86. The zero-order chi connectivity index (χ0) is 22.7. The molecule has 0 radical (unpaired) electrons. The van der Waals surface area contributed by atoms with Crippen molar-refractivity contribution in [2.75, 3.05) is 0 Å². The molecule has 0 unspecified atom stereocenters. The molecule has 0 saturated heterocycles. The molecule has 0 saturated carbocycles. The van der Waals surface area contributed by atoms with Crippen LogP contribution in [0.5, 0.6) is 17.2 Å². The maximum absolute atomic E-state index is 12.5. The van der Waals surface area contributed by atoms with Crippen molar-refractivity contribution in [2.24, 2.45) is 5.10 Å². The summed E-state index contributed by atoms with van der Waals surface area (Å²) >= 11 is 7.59. The van der Waals surface area contributed by atoms with Gasteiger partial charge in [0.2, 0.25) is 0 Å². The van der Waals surface area contributed by atoms with Crippen molar-refractivity contribution in [3.05, 3.63) is 87.8 Å². The number of amides is 1. The number of fused-ring (bicyclic) bond motifs is 1. The molecule has 32 heavy (non-hydrogen) atoms. The Bertz CT molecular complexity index is 1350. The zero-order valence-corrected chi connectivity index (χ0v) is 17.9. The van der Waals surface area contributed by atoms with Gasteiger partial charge in [-0.25, -0.2) is 10.2 Å². The van der Waals surface area contributed by atoms with Gasteiger partial charge in [0.1, 0.15) is 22.1 Å². The van der Waals surface area contributed by atoms with Crippen LogP contribution in [0.2, 0.25) is 5.02 Å². The summed E-state index contributed by atoms with van der Waals surface area (Å²) in [6, 6.07) is 17.6. The molecule has 0 atom stereocenters. The Kier molecular flexibility index (Phi) is 6.07. The summed E-state index contributed by atoms with van der Waals surface area (Å²) in [5, 5.41) is 24.0. The number of esters is 1. The largest absolute Gasteiger partial charge is 0.508 e. The molecular formula is C23H15ClN2O5S. The molecule has 1 amide bonds. The highest BCUT2D eigenvalue weighted by Crippen LogP contribution is 2.35. The van der Waals surface area contributed by atoms with Crippen LogP contribution in [-0.4, -0.2) is 28.3 Å². The molecule has 0 aliphatic heterocycles. The molecule has 1 heterocycles. The van der Waals surface area contributed by atoms with E-state index < -0.39 is 11.9 Å².